The van der Waals surface area contributed by atoms with Gasteiger partial charge >= 0.3 is 0 Å². The van der Waals surface area contributed by atoms with Gasteiger partial charge in [0.25, 0.3) is 0 Å². The quantitative estimate of drug-likeness (QED) is 0.450. The highest BCUT2D eigenvalue weighted by molar-refractivity contribution is 5.88. The fourth-order valence-corrected chi connectivity index (χ4v) is 1.13. The van der Waals surface area contributed by atoms with E-state index in [1.807, 2.05) is 0 Å². The Morgan fingerprint density at radius 3 is 2.25 bits per heavy atom. The van der Waals surface area contributed by atoms with Crippen molar-refractivity contribution in [3.8, 4) is 0 Å². The molecular formula is C10H21N3O3. The number of hydrogen-bond donors (Lipinski definition) is 4. The summed E-state index contributed by atoms with van der Waals surface area (Å²) in [5.74, 6) is -1.18. The van der Waals surface area contributed by atoms with Crippen LogP contribution < -0.4 is 16.4 Å². The topological polar surface area (TPSA) is 104 Å². The number of amides is 2. The smallest absolute Gasteiger partial charge is 0.242 e. The highest BCUT2D eigenvalue weighted by Crippen LogP contribution is 2.03. The summed E-state index contributed by atoms with van der Waals surface area (Å²) in [5, 5.41) is 14.3. The Morgan fingerprint density at radius 2 is 1.88 bits per heavy atom. The van der Waals surface area contributed by atoms with Crippen LogP contribution in [-0.2, 0) is 9.59 Å². The number of carbonyl (C=O) groups excluding carboxylic acids is 2. The number of nitrogens with one attached hydrogen (secondary N) is 2. The fraction of sp³-hybridized carbons (Fsp3) is 0.800. The van der Waals surface area contributed by atoms with E-state index in [2.05, 4.69) is 10.6 Å². The van der Waals surface area contributed by atoms with Gasteiger partial charge in [-0.3, -0.25) is 9.59 Å². The number of aliphatic hydroxyl groups excluding tert-OH is 1. The first-order chi connectivity index (χ1) is 7.43. The zero-order valence-electron chi connectivity index (χ0n) is 9.99. The van der Waals surface area contributed by atoms with Gasteiger partial charge in [0.15, 0.2) is 0 Å². The predicted molar refractivity (Wildman–Crippen MR) is 60.5 cm³/mol. The molecule has 0 aromatic rings. The van der Waals surface area contributed by atoms with Gasteiger partial charge in [0.1, 0.15) is 6.04 Å². The molecule has 0 fully saturated rings. The van der Waals surface area contributed by atoms with Crippen LogP contribution in [0.5, 0.6) is 0 Å². The maximum Gasteiger partial charge on any atom is 0.242 e. The largest absolute Gasteiger partial charge is 0.393 e. The van der Waals surface area contributed by atoms with Crippen molar-refractivity contribution in [1.29, 1.82) is 0 Å². The summed E-state index contributed by atoms with van der Waals surface area (Å²) in [6, 6.07) is -0.635. The Labute approximate surface area is 95.6 Å². The van der Waals surface area contributed by atoms with Crippen LogP contribution in [0.4, 0.5) is 0 Å². The van der Waals surface area contributed by atoms with Crippen LogP contribution >= 0.6 is 0 Å². The molecule has 3 atom stereocenters. The van der Waals surface area contributed by atoms with E-state index >= 15 is 0 Å². The van der Waals surface area contributed by atoms with E-state index < -0.39 is 18.1 Å². The molecule has 0 aromatic heterocycles. The molecule has 6 nitrogen and oxygen atoms in total. The SMILES string of the molecule is CNC(=O)C(CCN)NC(=O)C(C)C(C)O. The molecule has 0 aliphatic carbocycles. The Hall–Kier alpha value is -1.14. The van der Waals surface area contributed by atoms with Crippen molar-refractivity contribution in [3.63, 3.8) is 0 Å². The third-order valence-electron chi connectivity index (χ3n) is 2.47. The first kappa shape index (κ1) is 14.9. The Kier molecular flexibility index (Phi) is 6.67. The number of aliphatic hydroxyl groups is 1. The lowest BCUT2D eigenvalue weighted by Gasteiger charge is -2.20. The molecule has 94 valence electrons. The molecule has 3 unspecified atom stereocenters. The van der Waals surface area contributed by atoms with Gasteiger partial charge < -0.3 is 21.5 Å². The molecule has 6 heteroatoms. The molecule has 2 amide bonds. The molecule has 16 heavy (non-hydrogen) atoms. The van der Waals surface area contributed by atoms with Gasteiger partial charge in [-0.15, -0.1) is 0 Å². The van der Waals surface area contributed by atoms with Gasteiger partial charge in [-0.05, 0) is 19.9 Å². The molecule has 0 aliphatic rings. The maximum atomic E-state index is 11.6. The van der Waals surface area contributed by atoms with Crippen molar-refractivity contribution >= 4 is 11.8 Å². The van der Waals surface area contributed by atoms with E-state index in [4.69, 9.17) is 5.73 Å². The lowest BCUT2D eigenvalue weighted by atomic mass is 10.0. The second-order valence-corrected chi connectivity index (χ2v) is 3.78. The molecule has 0 saturated heterocycles. The molecule has 0 rings (SSSR count). The van der Waals surface area contributed by atoms with Gasteiger partial charge in [-0.2, -0.15) is 0 Å². The van der Waals surface area contributed by atoms with E-state index in [1.165, 1.54) is 14.0 Å². The van der Waals surface area contributed by atoms with Gasteiger partial charge in [0, 0.05) is 7.05 Å². The second-order valence-electron chi connectivity index (χ2n) is 3.78. The molecule has 0 aliphatic heterocycles. The summed E-state index contributed by atoms with van der Waals surface area (Å²) in [5.41, 5.74) is 5.35. The Morgan fingerprint density at radius 1 is 1.31 bits per heavy atom. The lowest BCUT2D eigenvalue weighted by molar-refractivity contribution is -0.132. The Balaban J connectivity index is 4.39. The number of rotatable bonds is 6. The van der Waals surface area contributed by atoms with Gasteiger partial charge in [0.2, 0.25) is 11.8 Å². The normalized spacial score (nSPS) is 16.1. The summed E-state index contributed by atoms with van der Waals surface area (Å²) in [6.45, 7) is 3.44. The standard InChI is InChI=1S/C10H21N3O3/c1-6(7(2)14)9(15)13-8(4-5-11)10(16)12-3/h6-8,14H,4-5,11H2,1-3H3,(H,12,16)(H,13,15). The first-order valence-electron chi connectivity index (χ1n) is 5.34. The summed E-state index contributed by atoms with van der Waals surface area (Å²) < 4.78 is 0. The predicted octanol–water partition coefficient (Wildman–Crippen LogP) is -1.42. The van der Waals surface area contributed by atoms with Crippen LogP contribution in [0.15, 0.2) is 0 Å². The van der Waals surface area contributed by atoms with E-state index in [1.54, 1.807) is 6.92 Å². The van der Waals surface area contributed by atoms with E-state index in [9.17, 15) is 14.7 Å². The van der Waals surface area contributed by atoms with Crippen molar-refractivity contribution < 1.29 is 14.7 Å². The molecule has 0 bridgehead atoms. The van der Waals surface area contributed by atoms with E-state index in [-0.39, 0.29) is 11.8 Å². The third kappa shape index (κ3) is 4.59. The van der Waals surface area contributed by atoms with Gasteiger partial charge in [-0.25, -0.2) is 0 Å². The number of hydrogen-bond acceptors (Lipinski definition) is 4. The van der Waals surface area contributed by atoms with Gasteiger partial charge in [-0.1, -0.05) is 6.92 Å². The van der Waals surface area contributed by atoms with Crippen LogP contribution in [0.25, 0.3) is 0 Å². The number of nitrogens with two attached hydrogens (primary N) is 1. The van der Waals surface area contributed by atoms with E-state index in [0.29, 0.717) is 13.0 Å². The lowest BCUT2D eigenvalue weighted by Crippen LogP contribution is -2.49. The van der Waals surface area contributed by atoms with Gasteiger partial charge in [0.05, 0.1) is 12.0 Å². The minimum Gasteiger partial charge on any atom is -0.393 e. The van der Waals surface area contributed by atoms with Crippen LogP contribution in [0.1, 0.15) is 20.3 Å². The van der Waals surface area contributed by atoms with Crippen molar-refractivity contribution in [2.24, 2.45) is 11.7 Å². The third-order valence-corrected chi connectivity index (χ3v) is 2.47. The summed E-state index contributed by atoms with van der Waals surface area (Å²) in [6.07, 6.45) is -0.374. The van der Waals surface area contributed by atoms with Crippen molar-refractivity contribution in [3.05, 3.63) is 0 Å². The van der Waals surface area contributed by atoms with Crippen LogP contribution in [-0.4, -0.2) is 42.7 Å². The first-order valence-corrected chi connectivity index (χ1v) is 5.34. The summed E-state index contributed by atoms with van der Waals surface area (Å²) in [7, 11) is 1.50. The minimum atomic E-state index is -0.747. The van der Waals surface area contributed by atoms with Crippen molar-refractivity contribution in [1.82, 2.24) is 10.6 Å². The minimum absolute atomic E-state index is 0.281. The number of carbonyl (C=O) groups is 2. The zero-order valence-corrected chi connectivity index (χ0v) is 9.99. The van der Waals surface area contributed by atoms with Crippen molar-refractivity contribution in [2.45, 2.75) is 32.4 Å². The van der Waals surface area contributed by atoms with Crippen LogP contribution in [0.3, 0.4) is 0 Å². The highest BCUT2D eigenvalue weighted by Gasteiger charge is 2.24. The van der Waals surface area contributed by atoms with Crippen LogP contribution in [0.2, 0.25) is 0 Å². The average molecular weight is 231 g/mol. The van der Waals surface area contributed by atoms with Crippen LogP contribution in [0, 0.1) is 5.92 Å². The Bertz CT molecular complexity index is 243. The average Bonchev–Trinajstić information content (AvgIpc) is 2.25. The molecule has 5 N–H and O–H groups in total. The molecule has 0 heterocycles. The number of likely N-dealkylation sites (N-methyl/N-ethyl adjacent to an activating group) is 1. The molecular weight excluding hydrogens is 210 g/mol. The summed E-state index contributed by atoms with van der Waals surface area (Å²) in [4.78, 5) is 23.0. The highest BCUT2D eigenvalue weighted by atomic mass is 16.3. The van der Waals surface area contributed by atoms with Crippen molar-refractivity contribution in [2.75, 3.05) is 13.6 Å². The molecule has 0 aromatic carbocycles. The van der Waals surface area contributed by atoms with E-state index in [0.717, 1.165) is 0 Å². The zero-order chi connectivity index (χ0) is 12.7. The monoisotopic (exact) mass is 231 g/mol. The molecule has 0 spiro atoms. The molecule has 0 saturated carbocycles. The maximum absolute atomic E-state index is 11.6. The summed E-state index contributed by atoms with van der Waals surface area (Å²) >= 11 is 0. The molecule has 0 radical (unpaired) electrons. The fourth-order valence-electron chi connectivity index (χ4n) is 1.13. The second kappa shape index (κ2) is 7.19.